The van der Waals surface area contributed by atoms with E-state index < -0.39 is 0 Å². The number of fused-ring (bicyclic) bond motifs is 1. The van der Waals surface area contributed by atoms with E-state index in [1.165, 1.54) is 12.1 Å². The molecular formula is C19H21FN4O. The van der Waals surface area contributed by atoms with Gasteiger partial charge in [-0.25, -0.2) is 14.4 Å². The van der Waals surface area contributed by atoms with E-state index in [1.807, 2.05) is 35.9 Å². The Bertz CT molecular complexity index is 828. The molecule has 0 aliphatic carbocycles. The molecule has 2 heterocycles. The van der Waals surface area contributed by atoms with Gasteiger partial charge in [0.2, 0.25) is 11.7 Å². The van der Waals surface area contributed by atoms with E-state index in [9.17, 15) is 9.18 Å². The predicted molar refractivity (Wildman–Crippen MR) is 93.6 cm³/mol. The van der Waals surface area contributed by atoms with Crippen LogP contribution >= 0.6 is 0 Å². The highest BCUT2D eigenvalue weighted by atomic mass is 19.1. The third-order valence-corrected chi connectivity index (χ3v) is 4.00. The van der Waals surface area contributed by atoms with E-state index >= 15 is 0 Å². The Labute approximate surface area is 145 Å². The fraction of sp³-hybridized carbons (Fsp3) is 0.316. The van der Waals surface area contributed by atoms with Crippen LogP contribution in [-0.4, -0.2) is 26.8 Å². The number of hydrogen-bond donors (Lipinski definition) is 1. The highest BCUT2D eigenvalue weighted by Gasteiger charge is 2.10. The number of aromatic nitrogens is 3. The van der Waals surface area contributed by atoms with Gasteiger partial charge in [-0.3, -0.25) is 9.20 Å². The Kier molecular flexibility index (Phi) is 5.38. The molecular weight excluding hydrogens is 319 g/mol. The molecule has 0 aliphatic rings. The number of carbonyl (C=O) groups is 1. The average Bonchev–Trinajstić information content (AvgIpc) is 2.97. The van der Waals surface area contributed by atoms with Crippen molar-refractivity contribution in [1.82, 2.24) is 19.7 Å². The molecule has 0 saturated carbocycles. The van der Waals surface area contributed by atoms with Crippen LogP contribution in [0.1, 0.15) is 24.6 Å². The molecule has 0 saturated heterocycles. The van der Waals surface area contributed by atoms with Crippen LogP contribution in [0.5, 0.6) is 0 Å². The van der Waals surface area contributed by atoms with Crippen LogP contribution in [0.25, 0.3) is 5.78 Å². The first kappa shape index (κ1) is 17.1. The van der Waals surface area contributed by atoms with Crippen LogP contribution in [-0.2, 0) is 17.6 Å². The molecule has 3 aromatic rings. The monoisotopic (exact) mass is 340 g/mol. The van der Waals surface area contributed by atoms with Crippen molar-refractivity contribution in [2.24, 2.45) is 5.92 Å². The first-order valence-electron chi connectivity index (χ1n) is 8.40. The normalized spacial score (nSPS) is 12.2. The van der Waals surface area contributed by atoms with Crippen molar-refractivity contribution in [2.75, 3.05) is 6.54 Å². The van der Waals surface area contributed by atoms with Gasteiger partial charge in [0.25, 0.3) is 0 Å². The molecule has 6 heteroatoms. The maximum Gasteiger partial charge on any atom is 0.233 e. The number of halogens is 1. The number of nitrogens with one attached hydrogen (secondary N) is 1. The van der Waals surface area contributed by atoms with Gasteiger partial charge in [0.15, 0.2) is 0 Å². The van der Waals surface area contributed by atoms with Crippen LogP contribution in [0.15, 0.2) is 48.9 Å². The van der Waals surface area contributed by atoms with Crippen LogP contribution in [0, 0.1) is 11.7 Å². The Hall–Kier alpha value is -2.76. The minimum absolute atomic E-state index is 0.00536. The zero-order valence-corrected chi connectivity index (χ0v) is 14.2. The number of hydrogen-bond acceptors (Lipinski definition) is 3. The molecule has 1 N–H and O–H groups in total. The fourth-order valence-corrected chi connectivity index (χ4v) is 2.86. The molecule has 2 aromatic heterocycles. The lowest BCUT2D eigenvalue weighted by Gasteiger charge is -2.11. The van der Waals surface area contributed by atoms with E-state index in [1.54, 1.807) is 12.3 Å². The molecule has 1 atom stereocenters. The molecule has 0 spiro atoms. The molecule has 0 radical (unpaired) electrons. The van der Waals surface area contributed by atoms with Gasteiger partial charge < -0.3 is 5.32 Å². The van der Waals surface area contributed by atoms with E-state index in [0.29, 0.717) is 31.6 Å². The lowest BCUT2D eigenvalue weighted by atomic mass is 9.98. The van der Waals surface area contributed by atoms with E-state index in [0.717, 1.165) is 11.3 Å². The minimum atomic E-state index is -0.240. The Morgan fingerprint density at radius 1 is 1.36 bits per heavy atom. The number of benzene rings is 1. The summed E-state index contributed by atoms with van der Waals surface area (Å²) in [5.74, 6) is 0.579. The lowest BCUT2D eigenvalue weighted by molar-refractivity contribution is -0.121. The topological polar surface area (TPSA) is 59.3 Å². The van der Waals surface area contributed by atoms with Gasteiger partial charge in [-0.05, 0) is 36.1 Å². The SMILES string of the molecule is CC(CC(=O)NCCc1cn2cccnc2n1)Cc1cccc(F)c1. The summed E-state index contributed by atoms with van der Waals surface area (Å²) in [5.41, 5.74) is 1.81. The summed E-state index contributed by atoms with van der Waals surface area (Å²) in [7, 11) is 0. The summed E-state index contributed by atoms with van der Waals surface area (Å²) in [6, 6.07) is 8.37. The molecule has 0 fully saturated rings. The summed E-state index contributed by atoms with van der Waals surface area (Å²) in [6.45, 7) is 2.54. The average molecular weight is 340 g/mol. The van der Waals surface area contributed by atoms with Crippen LogP contribution in [0.4, 0.5) is 4.39 Å². The number of imidazole rings is 1. The Morgan fingerprint density at radius 2 is 2.24 bits per heavy atom. The molecule has 1 unspecified atom stereocenters. The van der Waals surface area contributed by atoms with Gasteiger partial charge in [0, 0.05) is 38.0 Å². The summed E-state index contributed by atoms with van der Waals surface area (Å²) < 4.78 is 15.1. The fourth-order valence-electron chi connectivity index (χ4n) is 2.86. The third kappa shape index (κ3) is 4.86. The van der Waals surface area contributed by atoms with E-state index in [2.05, 4.69) is 15.3 Å². The molecule has 130 valence electrons. The molecule has 5 nitrogen and oxygen atoms in total. The van der Waals surface area contributed by atoms with Crippen LogP contribution in [0.3, 0.4) is 0 Å². The van der Waals surface area contributed by atoms with Crippen molar-refractivity contribution >= 4 is 11.7 Å². The highest BCUT2D eigenvalue weighted by molar-refractivity contribution is 5.76. The molecule has 25 heavy (non-hydrogen) atoms. The Morgan fingerprint density at radius 3 is 3.04 bits per heavy atom. The van der Waals surface area contributed by atoms with Crippen molar-refractivity contribution in [2.45, 2.75) is 26.2 Å². The second-order valence-electron chi connectivity index (χ2n) is 6.30. The summed E-state index contributed by atoms with van der Waals surface area (Å²) in [6.07, 6.45) is 7.28. The van der Waals surface area contributed by atoms with Crippen LogP contribution in [0.2, 0.25) is 0 Å². The highest BCUT2D eigenvalue weighted by Crippen LogP contribution is 2.13. The summed E-state index contributed by atoms with van der Waals surface area (Å²) in [5, 5.41) is 2.92. The molecule has 3 rings (SSSR count). The van der Waals surface area contributed by atoms with Crippen molar-refractivity contribution in [3.8, 4) is 0 Å². The van der Waals surface area contributed by atoms with Crippen molar-refractivity contribution in [3.63, 3.8) is 0 Å². The number of carbonyl (C=O) groups excluding carboxylic acids is 1. The van der Waals surface area contributed by atoms with Gasteiger partial charge in [0.05, 0.1) is 5.69 Å². The zero-order valence-electron chi connectivity index (χ0n) is 14.2. The second kappa shape index (κ2) is 7.88. The second-order valence-corrected chi connectivity index (χ2v) is 6.30. The van der Waals surface area contributed by atoms with Gasteiger partial charge >= 0.3 is 0 Å². The van der Waals surface area contributed by atoms with Gasteiger partial charge in [-0.15, -0.1) is 0 Å². The zero-order chi connectivity index (χ0) is 17.6. The standard InChI is InChI=1S/C19H21FN4O/c1-14(10-15-4-2-5-16(20)12-15)11-18(25)21-8-6-17-13-24-9-3-7-22-19(24)23-17/h2-5,7,9,12-14H,6,8,10-11H2,1H3,(H,21,25). The van der Waals surface area contributed by atoms with E-state index in [-0.39, 0.29) is 17.6 Å². The lowest BCUT2D eigenvalue weighted by Crippen LogP contribution is -2.27. The predicted octanol–water partition coefficient (Wildman–Crippen LogP) is 2.80. The van der Waals surface area contributed by atoms with Crippen molar-refractivity contribution < 1.29 is 9.18 Å². The molecule has 0 aliphatic heterocycles. The minimum Gasteiger partial charge on any atom is -0.356 e. The first-order valence-corrected chi connectivity index (χ1v) is 8.40. The number of nitrogens with zero attached hydrogens (tertiary/aromatic N) is 3. The van der Waals surface area contributed by atoms with Gasteiger partial charge in [-0.1, -0.05) is 19.1 Å². The van der Waals surface area contributed by atoms with Crippen molar-refractivity contribution in [1.29, 1.82) is 0 Å². The number of amides is 1. The van der Waals surface area contributed by atoms with Gasteiger partial charge in [-0.2, -0.15) is 0 Å². The third-order valence-electron chi connectivity index (χ3n) is 4.00. The summed E-state index contributed by atoms with van der Waals surface area (Å²) in [4.78, 5) is 20.6. The largest absolute Gasteiger partial charge is 0.356 e. The first-order chi connectivity index (χ1) is 12.1. The van der Waals surface area contributed by atoms with Crippen molar-refractivity contribution in [3.05, 3.63) is 66.0 Å². The van der Waals surface area contributed by atoms with Crippen LogP contribution < -0.4 is 5.32 Å². The molecule has 1 aromatic carbocycles. The Balaban J connectivity index is 1.43. The smallest absolute Gasteiger partial charge is 0.233 e. The summed E-state index contributed by atoms with van der Waals surface area (Å²) >= 11 is 0. The molecule has 1 amide bonds. The quantitative estimate of drug-likeness (QED) is 0.719. The number of rotatable bonds is 7. The van der Waals surface area contributed by atoms with E-state index in [4.69, 9.17) is 0 Å². The van der Waals surface area contributed by atoms with Gasteiger partial charge in [0.1, 0.15) is 5.82 Å². The maximum absolute atomic E-state index is 13.2. The maximum atomic E-state index is 13.2. The molecule has 0 bridgehead atoms.